The molecule has 0 N–H and O–H groups in total. The van der Waals surface area contributed by atoms with E-state index in [1.165, 1.54) is 0 Å². The summed E-state index contributed by atoms with van der Waals surface area (Å²) in [5.41, 5.74) is 1.07. The van der Waals surface area contributed by atoms with Crippen molar-refractivity contribution in [1.29, 1.82) is 0 Å². The van der Waals surface area contributed by atoms with Gasteiger partial charge in [0.25, 0.3) is 5.91 Å². The van der Waals surface area contributed by atoms with Crippen LogP contribution in [0.4, 0.5) is 0 Å². The van der Waals surface area contributed by atoms with E-state index >= 15 is 0 Å². The van der Waals surface area contributed by atoms with Gasteiger partial charge in [-0.15, -0.1) is 0 Å². The summed E-state index contributed by atoms with van der Waals surface area (Å²) in [4.78, 5) is 39.7. The highest BCUT2D eigenvalue weighted by molar-refractivity contribution is 6.36. The molecule has 0 aliphatic carbocycles. The summed E-state index contributed by atoms with van der Waals surface area (Å²) in [6.45, 7) is 4.99. The van der Waals surface area contributed by atoms with E-state index in [0.717, 1.165) is 12.0 Å². The first-order valence-corrected chi connectivity index (χ1v) is 8.22. The maximum absolute atomic E-state index is 12.5. The van der Waals surface area contributed by atoms with Gasteiger partial charge in [-0.3, -0.25) is 14.4 Å². The minimum Gasteiger partial charge on any atom is -0.334 e. The molecule has 23 heavy (non-hydrogen) atoms. The van der Waals surface area contributed by atoms with Gasteiger partial charge >= 0.3 is 0 Å². The van der Waals surface area contributed by atoms with Crippen molar-refractivity contribution in [3.63, 3.8) is 0 Å². The maximum atomic E-state index is 12.5. The number of carbonyl (C=O) groups excluding carboxylic acids is 3. The number of ketones is 1. The van der Waals surface area contributed by atoms with Gasteiger partial charge in [0, 0.05) is 38.5 Å². The zero-order valence-electron chi connectivity index (χ0n) is 13.8. The zero-order valence-corrected chi connectivity index (χ0v) is 13.8. The average Bonchev–Trinajstić information content (AvgIpc) is 2.74. The summed E-state index contributed by atoms with van der Waals surface area (Å²) in [6, 6.07) is 9.78. The Kier molecular flexibility index (Phi) is 5.90. The monoisotopic (exact) mass is 316 g/mol. The van der Waals surface area contributed by atoms with Gasteiger partial charge in [0.15, 0.2) is 0 Å². The molecule has 1 aromatic rings. The Morgan fingerprint density at radius 2 is 1.87 bits per heavy atom. The third-order valence-electron chi connectivity index (χ3n) is 4.30. The standard InChI is InChI=1S/C18H24N2O3/c1-3-15-13-19(18(23)16(21)4-2)11-10-17(22)20(15)12-14-8-6-5-7-9-14/h5-9,15H,3-4,10-13H2,1-2H3/t15-/m0/s1. The van der Waals surface area contributed by atoms with Crippen LogP contribution in [0.5, 0.6) is 0 Å². The van der Waals surface area contributed by atoms with Crippen LogP contribution < -0.4 is 0 Å². The zero-order chi connectivity index (χ0) is 16.8. The van der Waals surface area contributed by atoms with Gasteiger partial charge in [0.1, 0.15) is 0 Å². The molecule has 0 spiro atoms. The molecule has 124 valence electrons. The van der Waals surface area contributed by atoms with Crippen molar-refractivity contribution in [2.45, 2.75) is 45.7 Å². The van der Waals surface area contributed by atoms with E-state index in [4.69, 9.17) is 0 Å². The van der Waals surface area contributed by atoms with Crippen molar-refractivity contribution >= 4 is 17.6 Å². The van der Waals surface area contributed by atoms with Crippen LogP contribution in [-0.4, -0.2) is 46.5 Å². The molecule has 2 amide bonds. The number of hydrogen-bond acceptors (Lipinski definition) is 3. The Morgan fingerprint density at radius 3 is 2.48 bits per heavy atom. The van der Waals surface area contributed by atoms with E-state index in [1.54, 1.807) is 11.8 Å². The van der Waals surface area contributed by atoms with Crippen LogP contribution in [0, 0.1) is 0 Å². The van der Waals surface area contributed by atoms with Crippen molar-refractivity contribution in [3.05, 3.63) is 35.9 Å². The fourth-order valence-corrected chi connectivity index (χ4v) is 2.88. The second-order valence-electron chi connectivity index (χ2n) is 5.85. The van der Waals surface area contributed by atoms with Gasteiger partial charge < -0.3 is 9.80 Å². The lowest BCUT2D eigenvalue weighted by molar-refractivity contribution is -0.144. The van der Waals surface area contributed by atoms with Crippen LogP contribution in [0.25, 0.3) is 0 Å². The van der Waals surface area contributed by atoms with Crippen LogP contribution in [0.2, 0.25) is 0 Å². The summed E-state index contributed by atoms with van der Waals surface area (Å²) in [7, 11) is 0. The van der Waals surface area contributed by atoms with Gasteiger partial charge in [-0.1, -0.05) is 44.2 Å². The Labute approximate surface area is 137 Å². The van der Waals surface area contributed by atoms with Gasteiger partial charge in [-0.05, 0) is 12.0 Å². The first kappa shape index (κ1) is 17.2. The maximum Gasteiger partial charge on any atom is 0.290 e. The fourth-order valence-electron chi connectivity index (χ4n) is 2.88. The summed E-state index contributed by atoms with van der Waals surface area (Å²) < 4.78 is 0. The molecule has 0 unspecified atom stereocenters. The highest BCUT2D eigenvalue weighted by Gasteiger charge is 2.32. The minimum absolute atomic E-state index is 0.0416. The molecule has 1 aromatic carbocycles. The van der Waals surface area contributed by atoms with Crippen LogP contribution in [0.3, 0.4) is 0 Å². The third-order valence-corrected chi connectivity index (χ3v) is 4.30. The lowest BCUT2D eigenvalue weighted by Gasteiger charge is -2.31. The summed E-state index contributed by atoms with van der Waals surface area (Å²) in [5.74, 6) is -0.802. The smallest absolute Gasteiger partial charge is 0.290 e. The summed E-state index contributed by atoms with van der Waals surface area (Å²) in [5, 5.41) is 0. The third kappa shape index (κ3) is 4.18. The van der Waals surface area contributed by atoms with Crippen molar-refractivity contribution in [3.8, 4) is 0 Å². The molecule has 0 radical (unpaired) electrons. The molecule has 5 nitrogen and oxygen atoms in total. The van der Waals surface area contributed by atoms with Gasteiger partial charge in [0.05, 0.1) is 0 Å². The molecule has 1 aliphatic rings. The lowest BCUT2D eigenvalue weighted by Crippen LogP contribution is -2.45. The van der Waals surface area contributed by atoms with Gasteiger partial charge in [-0.2, -0.15) is 0 Å². The first-order chi connectivity index (χ1) is 11.1. The number of nitrogens with zero attached hydrogens (tertiary/aromatic N) is 2. The molecule has 0 bridgehead atoms. The molecule has 1 atom stereocenters. The van der Waals surface area contributed by atoms with Crippen LogP contribution in [0.1, 0.15) is 38.7 Å². The second-order valence-corrected chi connectivity index (χ2v) is 5.85. The molecular formula is C18H24N2O3. The first-order valence-electron chi connectivity index (χ1n) is 8.22. The summed E-state index contributed by atoms with van der Waals surface area (Å²) >= 11 is 0. The highest BCUT2D eigenvalue weighted by Crippen LogP contribution is 2.18. The Bertz CT molecular complexity index is 571. The second kappa shape index (κ2) is 7.90. The molecule has 0 aromatic heterocycles. The molecular weight excluding hydrogens is 292 g/mol. The molecule has 1 aliphatic heterocycles. The Morgan fingerprint density at radius 1 is 1.17 bits per heavy atom. The van der Waals surface area contributed by atoms with E-state index in [1.807, 2.05) is 42.2 Å². The van der Waals surface area contributed by atoms with Gasteiger partial charge in [0.2, 0.25) is 11.7 Å². The molecule has 1 fully saturated rings. The average molecular weight is 316 g/mol. The Hall–Kier alpha value is -2.17. The highest BCUT2D eigenvalue weighted by atomic mass is 16.2. The molecule has 2 rings (SSSR count). The number of benzene rings is 1. The van der Waals surface area contributed by atoms with E-state index in [2.05, 4.69) is 0 Å². The number of carbonyl (C=O) groups is 3. The largest absolute Gasteiger partial charge is 0.334 e. The number of rotatable bonds is 5. The van der Waals surface area contributed by atoms with Crippen molar-refractivity contribution < 1.29 is 14.4 Å². The predicted octanol–water partition coefficient (Wildman–Crippen LogP) is 2.01. The molecule has 1 saturated heterocycles. The molecule has 1 heterocycles. The normalized spacial score (nSPS) is 18.7. The van der Waals surface area contributed by atoms with Crippen molar-refractivity contribution in [2.75, 3.05) is 13.1 Å². The summed E-state index contributed by atoms with van der Waals surface area (Å²) in [6.07, 6.45) is 1.22. The van der Waals surface area contributed by atoms with Gasteiger partial charge in [-0.25, -0.2) is 0 Å². The van der Waals surface area contributed by atoms with E-state index in [9.17, 15) is 14.4 Å². The van der Waals surface area contributed by atoms with Crippen LogP contribution >= 0.6 is 0 Å². The quantitative estimate of drug-likeness (QED) is 0.781. The van der Waals surface area contributed by atoms with E-state index in [0.29, 0.717) is 19.6 Å². The molecule has 5 heteroatoms. The van der Waals surface area contributed by atoms with Crippen LogP contribution in [0.15, 0.2) is 30.3 Å². The van der Waals surface area contributed by atoms with Crippen LogP contribution in [-0.2, 0) is 20.9 Å². The predicted molar refractivity (Wildman–Crippen MR) is 87.6 cm³/mol. The minimum atomic E-state index is -0.458. The number of hydrogen-bond donors (Lipinski definition) is 0. The fraction of sp³-hybridized carbons (Fsp3) is 0.500. The Balaban J connectivity index is 2.15. The van der Waals surface area contributed by atoms with E-state index in [-0.39, 0.29) is 30.6 Å². The van der Waals surface area contributed by atoms with E-state index < -0.39 is 5.91 Å². The van der Waals surface area contributed by atoms with Crippen molar-refractivity contribution in [2.24, 2.45) is 0 Å². The molecule has 0 saturated carbocycles. The number of amides is 2. The number of Topliss-reactive ketones (excluding diaryl/α,β-unsaturated/α-hetero) is 1. The SMILES string of the molecule is CCC(=O)C(=O)N1CCC(=O)N(Cc2ccccc2)[C@@H](CC)C1. The van der Waals surface area contributed by atoms with Crippen molar-refractivity contribution in [1.82, 2.24) is 9.80 Å². The lowest BCUT2D eigenvalue weighted by atomic mass is 10.1. The topological polar surface area (TPSA) is 57.7 Å².